The Balaban J connectivity index is 1.78. The molecule has 24 heavy (non-hydrogen) atoms. The van der Waals surface area contributed by atoms with Crippen LogP contribution in [0.2, 0.25) is 0 Å². The Hall–Kier alpha value is -1.14. The molecule has 1 aliphatic heterocycles. The monoisotopic (exact) mass is 398 g/mol. The molecule has 2 rings (SSSR count). The molecule has 1 fully saturated rings. The van der Waals surface area contributed by atoms with E-state index in [4.69, 9.17) is 9.47 Å². The molecule has 2 heterocycles. The SMILES string of the molecule is CC(C)(C)OC(=O)N1CCCC[C@H]1CCOCc1ccc(Br)nc1. The van der Waals surface area contributed by atoms with Gasteiger partial charge in [0.2, 0.25) is 0 Å². The van der Waals surface area contributed by atoms with Gasteiger partial charge in [-0.05, 0) is 74.0 Å². The zero-order chi connectivity index (χ0) is 17.6. The molecule has 0 N–H and O–H groups in total. The number of rotatable bonds is 5. The van der Waals surface area contributed by atoms with E-state index in [1.807, 2.05) is 37.8 Å². The minimum Gasteiger partial charge on any atom is -0.444 e. The van der Waals surface area contributed by atoms with Crippen LogP contribution >= 0.6 is 15.9 Å². The summed E-state index contributed by atoms with van der Waals surface area (Å²) >= 11 is 3.32. The molecule has 0 spiro atoms. The van der Waals surface area contributed by atoms with Gasteiger partial charge in [0.05, 0.1) is 6.61 Å². The molecule has 0 aromatic carbocycles. The second-order valence-electron chi connectivity index (χ2n) is 7.15. The zero-order valence-electron chi connectivity index (χ0n) is 14.8. The normalized spacial score (nSPS) is 18.5. The summed E-state index contributed by atoms with van der Waals surface area (Å²) in [5, 5.41) is 0. The van der Waals surface area contributed by atoms with Gasteiger partial charge in [0.1, 0.15) is 10.2 Å². The Morgan fingerprint density at radius 2 is 2.17 bits per heavy atom. The van der Waals surface area contributed by atoms with Crippen LogP contribution in [0, 0.1) is 0 Å². The third-order valence-electron chi connectivity index (χ3n) is 3.91. The smallest absolute Gasteiger partial charge is 0.410 e. The summed E-state index contributed by atoms with van der Waals surface area (Å²) in [6, 6.07) is 4.10. The van der Waals surface area contributed by atoms with Crippen molar-refractivity contribution in [2.75, 3.05) is 13.2 Å². The first-order valence-corrected chi connectivity index (χ1v) is 9.32. The lowest BCUT2D eigenvalue weighted by Gasteiger charge is -2.36. The van der Waals surface area contributed by atoms with Crippen molar-refractivity contribution < 1.29 is 14.3 Å². The number of hydrogen-bond donors (Lipinski definition) is 0. The Morgan fingerprint density at radius 3 is 2.83 bits per heavy atom. The minimum atomic E-state index is -0.454. The van der Waals surface area contributed by atoms with Gasteiger partial charge in [-0.3, -0.25) is 0 Å². The van der Waals surface area contributed by atoms with E-state index < -0.39 is 5.60 Å². The number of hydrogen-bond acceptors (Lipinski definition) is 4. The van der Waals surface area contributed by atoms with E-state index in [0.29, 0.717) is 13.2 Å². The number of aromatic nitrogens is 1. The van der Waals surface area contributed by atoms with Crippen molar-refractivity contribution in [2.24, 2.45) is 0 Å². The molecule has 1 atom stereocenters. The van der Waals surface area contributed by atoms with Crippen molar-refractivity contribution in [2.45, 2.75) is 64.7 Å². The molecule has 0 radical (unpaired) electrons. The summed E-state index contributed by atoms with van der Waals surface area (Å²) in [6.07, 6.45) is 5.65. The number of ether oxygens (including phenoxy) is 2. The molecule has 134 valence electrons. The van der Waals surface area contributed by atoms with Gasteiger partial charge in [-0.25, -0.2) is 9.78 Å². The molecule has 1 saturated heterocycles. The van der Waals surface area contributed by atoms with Crippen molar-refractivity contribution in [1.82, 2.24) is 9.88 Å². The van der Waals surface area contributed by atoms with E-state index in [9.17, 15) is 4.79 Å². The molecule has 1 aromatic rings. The standard InChI is InChI=1S/C18H27BrN2O3/c1-18(2,3)24-17(22)21-10-5-4-6-15(21)9-11-23-13-14-7-8-16(19)20-12-14/h7-8,12,15H,4-6,9-11,13H2,1-3H3/t15-/m0/s1. The van der Waals surface area contributed by atoms with Crippen LogP contribution in [0.15, 0.2) is 22.9 Å². The molecule has 0 saturated carbocycles. The molecule has 6 heteroatoms. The maximum atomic E-state index is 12.4. The number of nitrogens with zero attached hydrogens (tertiary/aromatic N) is 2. The van der Waals surface area contributed by atoms with Crippen LogP contribution in [-0.4, -0.2) is 40.8 Å². The van der Waals surface area contributed by atoms with Crippen LogP contribution in [0.4, 0.5) is 4.79 Å². The number of halogens is 1. The summed E-state index contributed by atoms with van der Waals surface area (Å²) in [4.78, 5) is 18.4. The quantitative estimate of drug-likeness (QED) is 0.539. The number of carbonyl (C=O) groups excluding carboxylic acids is 1. The van der Waals surface area contributed by atoms with E-state index in [-0.39, 0.29) is 12.1 Å². The Kier molecular flexibility index (Phi) is 7.04. The number of pyridine rings is 1. The van der Waals surface area contributed by atoms with E-state index >= 15 is 0 Å². The first-order chi connectivity index (χ1) is 11.3. The first-order valence-electron chi connectivity index (χ1n) is 8.53. The van der Waals surface area contributed by atoms with Crippen molar-refractivity contribution >= 4 is 22.0 Å². The molecule has 0 bridgehead atoms. The highest BCUT2D eigenvalue weighted by Gasteiger charge is 2.30. The molecular formula is C18H27BrN2O3. The van der Waals surface area contributed by atoms with E-state index in [1.165, 1.54) is 0 Å². The molecule has 0 unspecified atom stereocenters. The van der Waals surface area contributed by atoms with Gasteiger partial charge in [0.25, 0.3) is 0 Å². The lowest BCUT2D eigenvalue weighted by molar-refractivity contribution is 0.00378. The van der Waals surface area contributed by atoms with Gasteiger partial charge in [-0.15, -0.1) is 0 Å². The minimum absolute atomic E-state index is 0.204. The van der Waals surface area contributed by atoms with Crippen molar-refractivity contribution in [1.29, 1.82) is 0 Å². The fraction of sp³-hybridized carbons (Fsp3) is 0.667. The first kappa shape index (κ1) is 19.2. The van der Waals surface area contributed by atoms with E-state index in [1.54, 1.807) is 6.20 Å². The lowest BCUT2D eigenvalue weighted by Crippen LogP contribution is -2.46. The van der Waals surface area contributed by atoms with E-state index in [0.717, 1.165) is 42.4 Å². The van der Waals surface area contributed by atoms with Crippen LogP contribution in [0.25, 0.3) is 0 Å². The fourth-order valence-electron chi connectivity index (χ4n) is 2.76. The van der Waals surface area contributed by atoms with Crippen LogP contribution in [0.5, 0.6) is 0 Å². The third-order valence-corrected chi connectivity index (χ3v) is 4.38. The van der Waals surface area contributed by atoms with Gasteiger partial charge >= 0.3 is 6.09 Å². The number of carbonyl (C=O) groups is 1. The summed E-state index contributed by atoms with van der Waals surface area (Å²) < 4.78 is 12.1. The number of amides is 1. The van der Waals surface area contributed by atoms with Crippen LogP contribution < -0.4 is 0 Å². The van der Waals surface area contributed by atoms with Crippen molar-refractivity contribution in [3.63, 3.8) is 0 Å². The summed E-state index contributed by atoms with van der Waals surface area (Å²) in [5.41, 5.74) is 0.593. The maximum Gasteiger partial charge on any atom is 0.410 e. The highest BCUT2D eigenvalue weighted by atomic mass is 79.9. The predicted molar refractivity (Wildman–Crippen MR) is 96.8 cm³/mol. The Bertz CT molecular complexity index is 528. The van der Waals surface area contributed by atoms with Gasteiger partial charge in [0.15, 0.2) is 0 Å². The topological polar surface area (TPSA) is 51.7 Å². The van der Waals surface area contributed by atoms with Gasteiger partial charge in [-0.2, -0.15) is 0 Å². The van der Waals surface area contributed by atoms with Gasteiger partial charge in [-0.1, -0.05) is 6.07 Å². The number of likely N-dealkylation sites (tertiary alicyclic amines) is 1. The van der Waals surface area contributed by atoms with Crippen LogP contribution in [0.1, 0.15) is 52.0 Å². The Morgan fingerprint density at radius 1 is 1.38 bits per heavy atom. The van der Waals surface area contributed by atoms with Gasteiger partial charge in [0, 0.05) is 25.4 Å². The second-order valence-corrected chi connectivity index (χ2v) is 7.97. The summed E-state index contributed by atoms with van der Waals surface area (Å²) in [5.74, 6) is 0. The van der Waals surface area contributed by atoms with E-state index in [2.05, 4.69) is 20.9 Å². The number of piperidine rings is 1. The predicted octanol–water partition coefficient (Wildman–Crippen LogP) is 4.54. The second kappa shape index (κ2) is 8.81. The highest BCUT2D eigenvalue weighted by Crippen LogP contribution is 2.22. The summed E-state index contributed by atoms with van der Waals surface area (Å²) in [6.45, 7) is 7.65. The third kappa shape index (κ3) is 6.40. The Labute approximate surface area is 152 Å². The maximum absolute atomic E-state index is 12.4. The molecule has 0 aliphatic carbocycles. The van der Waals surface area contributed by atoms with Crippen LogP contribution in [0.3, 0.4) is 0 Å². The van der Waals surface area contributed by atoms with Crippen molar-refractivity contribution in [3.8, 4) is 0 Å². The largest absolute Gasteiger partial charge is 0.444 e. The fourth-order valence-corrected chi connectivity index (χ4v) is 3.00. The van der Waals surface area contributed by atoms with Crippen LogP contribution in [-0.2, 0) is 16.1 Å². The molecule has 1 amide bonds. The summed E-state index contributed by atoms with van der Waals surface area (Å²) in [7, 11) is 0. The highest BCUT2D eigenvalue weighted by molar-refractivity contribution is 9.10. The zero-order valence-corrected chi connectivity index (χ0v) is 16.3. The molecule has 1 aliphatic rings. The van der Waals surface area contributed by atoms with Crippen molar-refractivity contribution in [3.05, 3.63) is 28.5 Å². The molecular weight excluding hydrogens is 372 g/mol. The average molecular weight is 399 g/mol. The lowest BCUT2D eigenvalue weighted by atomic mass is 10.0. The average Bonchev–Trinajstić information content (AvgIpc) is 2.52. The molecule has 5 nitrogen and oxygen atoms in total. The molecule has 1 aromatic heterocycles. The van der Waals surface area contributed by atoms with Gasteiger partial charge < -0.3 is 14.4 Å².